The Hall–Kier alpha value is -1.16. The number of anilines is 1. The van der Waals surface area contributed by atoms with Crippen LogP contribution >= 0.6 is 11.8 Å². The number of amides is 1. The fourth-order valence-corrected chi connectivity index (χ4v) is 2.10. The van der Waals surface area contributed by atoms with Gasteiger partial charge in [-0.3, -0.25) is 4.79 Å². The highest BCUT2D eigenvalue weighted by molar-refractivity contribution is 7.98. The third-order valence-corrected chi connectivity index (χ3v) is 3.39. The molecule has 3 nitrogen and oxygen atoms in total. The molecule has 0 aliphatic carbocycles. The maximum atomic E-state index is 11.6. The van der Waals surface area contributed by atoms with Gasteiger partial charge < -0.3 is 10.6 Å². The highest BCUT2D eigenvalue weighted by Crippen LogP contribution is 2.24. The zero-order valence-electron chi connectivity index (χ0n) is 11.3. The maximum Gasteiger partial charge on any atom is 0.239 e. The van der Waals surface area contributed by atoms with E-state index in [0.717, 1.165) is 23.5 Å². The van der Waals surface area contributed by atoms with E-state index >= 15 is 0 Å². The molecule has 0 fully saturated rings. The van der Waals surface area contributed by atoms with Crippen LogP contribution in [0.1, 0.15) is 20.3 Å². The van der Waals surface area contributed by atoms with Crippen LogP contribution in [-0.4, -0.2) is 25.3 Å². The smallest absolute Gasteiger partial charge is 0.239 e. The molecule has 1 rings (SSSR count). The lowest BCUT2D eigenvalue weighted by atomic mass is 10.1. The minimum atomic E-state index is 0.0477. The Morgan fingerprint density at radius 3 is 2.72 bits per heavy atom. The average molecular weight is 266 g/mol. The summed E-state index contributed by atoms with van der Waals surface area (Å²) in [5.41, 5.74) is 1.02. The van der Waals surface area contributed by atoms with Crippen molar-refractivity contribution in [1.82, 2.24) is 5.32 Å². The number of para-hydroxylation sites is 1. The molecule has 0 radical (unpaired) electrons. The molecule has 4 heteroatoms. The van der Waals surface area contributed by atoms with Crippen LogP contribution < -0.4 is 10.6 Å². The number of hydrogen-bond acceptors (Lipinski definition) is 3. The largest absolute Gasteiger partial charge is 0.375 e. The van der Waals surface area contributed by atoms with Crippen molar-refractivity contribution in [3.8, 4) is 0 Å². The zero-order valence-corrected chi connectivity index (χ0v) is 12.1. The van der Waals surface area contributed by atoms with E-state index in [2.05, 4.69) is 24.5 Å². The van der Waals surface area contributed by atoms with Gasteiger partial charge in [-0.25, -0.2) is 0 Å². The summed E-state index contributed by atoms with van der Waals surface area (Å²) in [7, 11) is 0. The summed E-state index contributed by atoms with van der Waals surface area (Å²) in [6.07, 6.45) is 3.05. The minimum Gasteiger partial charge on any atom is -0.375 e. The Kier molecular flexibility index (Phi) is 6.65. The third-order valence-electron chi connectivity index (χ3n) is 2.59. The van der Waals surface area contributed by atoms with E-state index in [-0.39, 0.29) is 5.91 Å². The number of hydrogen-bond donors (Lipinski definition) is 2. The number of carbonyl (C=O) groups is 1. The average Bonchev–Trinajstić information content (AvgIpc) is 2.36. The van der Waals surface area contributed by atoms with Crippen molar-refractivity contribution in [2.75, 3.05) is 24.7 Å². The van der Waals surface area contributed by atoms with E-state index < -0.39 is 0 Å². The van der Waals surface area contributed by atoms with Gasteiger partial charge in [-0.15, -0.1) is 11.8 Å². The summed E-state index contributed by atoms with van der Waals surface area (Å²) in [4.78, 5) is 12.8. The maximum absolute atomic E-state index is 11.6. The molecule has 0 bridgehead atoms. The molecule has 0 aromatic heterocycles. The van der Waals surface area contributed by atoms with E-state index in [1.165, 1.54) is 0 Å². The quantitative estimate of drug-likeness (QED) is 0.745. The van der Waals surface area contributed by atoms with Gasteiger partial charge in [0.2, 0.25) is 5.91 Å². The fraction of sp³-hybridized carbons (Fsp3) is 0.500. The van der Waals surface area contributed by atoms with Crippen LogP contribution in [-0.2, 0) is 4.79 Å². The first-order valence-corrected chi connectivity index (χ1v) is 7.49. The van der Waals surface area contributed by atoms with Crippen LogP contribution in [0.3, 0.4) is 0 Å². The first-order valence-electron chi connectivity index (χ1n) is 6.27. The lowest BCUT2D eigenvalue weighted by Gasteiger charge is -2.11. The number of thioether (sulfide) groups is 1. The molecular weight excluding hydrogens is 244 g/mol. The highest BCUT2D eigenvalue weighted by Gasteiger charge is 2.04. The van der Waals surface area contributed by atoms with Crippen LogP contribution in [0.4, 0.5) is 5.69 Å². The summed E-state index contributed by atoms with van der Waals surface area (Å²) in [5.74, 6) is 0.669. The molecule has 0 unspecified atom stereocenters. The Balaban J connectivity index is 2.33. The van der Waals surface area contributed by atoms with Crippen LogP contribution in [0, 0.1) is 5.92 Å². The molecule has 1 amide bonds. The second-order valence-electron chi connectivity index (χ2n) is 4.59. The van der Waals surface area contributed by atoms with Crippen molar-refractivity contribution < 1.29 is 4.79 Å². The first kappa shape index (κ1) is 14.9. The lowest BCUT2D eigenvalue weighted by Crippen LogP contribution is -2.31. The Morgan fingerprint density at radius 1 is 1.33 bits per heavy atom. The molecular formula is C14H22N2OS. The van der Waals surface area contributed by atoms with Gasteiger partial charge in [-0.05, 0) is 30.7 Å². The molecule has 0 atom stereocenters. The zero-order chi connectivity index (χ0) is 13.4. The highest BCUT2D eigenvalue weighted by atomic mass is 32.2. The Bertz CT molecular complexity index is 380. The predicted molar refractivity (Wildman–Crippen MR) is 79.2 cm³/mol. The van der Waals surface area contributed by atoms with Crippen LogP contribution in [0.5, 0.6) is 0 Å². The van der Waals surface area contributed by atoms with Crippen molar-refractivity contribution in [2.45, 2.75) is 25.2 Å². The van der Waals surface area contributed by atoms with Gasteiger partial charge >= 0.3 is 0 Å². The summed E-state index contributed by atoms with van der Waals surface area (Å²) >= 11 is 1.67. The van der Waals surface area contributed by atoms with Crippen molar-refractivity contribution in [3.05, 3.63) is 24.3 Å². The number of rotatable bonds is 7. The first-order chi connectivity index (χ1) is 8.63. The van der Waals surface area contributed by atoms with E-state index in [1.54, 1.807) is 11.8 Å². The topological polar surface area (TPSA) is 41.1 Å². The van der Waals surface area contributed by atoms with Crippen LogP contribution in [0.25, 0.3) is 0 Å². The van der Waals surface area contributed by atoms with E-state index in [9.17, 15) is 4.79 Å². The molecule has 100 valence electrons. The molecule has 0 heterocycles. The van der Waals surface area contributed by atoms with Crippen molar-refractivity contribution in [3.63, 3.8) is 0 Å². The lowest BCUT2D eigenvalue weighted by molar-refractivity contribution is -0.119. The molecule has 2 N–H and O–H groups in total. The number of nitrogens with one attached hydrogen (secondary N) is 2. The van der Waals surface area contributed by atoms with Gasteiger partial charge in [-0.2, -0.15) is 0 Å². The molecule has 1 aromatic carbocycles. The summed E-state index contributed by atoms with van der Waals surface area (Å²) < 4.78 is 0. The van der Waals surface area contributed by atoms with Gasteiger partial charge in [0.15, 0.2) is 0 Å². The fourth-order valence-electron chi connectivity index (χ4n) is 1.53. The van der Waals surface area contributed by atoms with Gasteiger partial charge in [0.25, 0.3) is 0 Å². The molecule has 0 aliphatic rings. The van der Waals surface area contributed by atoms with E-state index in [0.29, 0.717) is 12.5 Å². The van der Waals surface area contributed by atoms with Crippen LogP contribution in [0.15, 0.2) is 29.2 Å². The van der Waals surface area contributed by atoms with Crippen molar-refractivity contribution >= 4 is 23.4 Å². The van der Waals surface area contributed by atoms with Crippen molar-refractivity contribution in [1.29, 1.82) is 0 Å². The molecule has 1 aromatic rings. The summed E-state index contributed by atoms with van der Waals surface area (Å²) in [6.45, 7) is 5.39. The van der Waals surface area contributed by atoms with Gasteiger partial charge in [0.1, 0.15) is 0 Å². The molecule has 0 saturated carbocycles. The Morgan fingerprint density at radius 2 is 2.06 bits per heavy atom. The SMILES string of the molecule is CSc1ccccc1NCC(=O)NCCC(C)C. The monoisotopic (exact) mass is 266 g/mol. The Labute approximate surface area is 114 Å². The standard InChI is InChI=1S/C14H22N2OS/c1-11(2)8-9-15-14(17)10-16-12-6-4-5-7-13(12)18-3/h4-7,11,16H,8-10H2,1-3H3,(H,15,17). The number of carbonyl (C=O) groups excluding carboxylic acids is 1. The second-order valence-corrected chi connectivity index (χ2v) is 5.43. The minimum absolute atomic E-state index is 0.0477. The van der Waals surface area contributed by atoms with Crippen molar-refractivity contribution in [2.24, 2.45) is 5.92 Å². The van der Waals surface area contributed by atoms with Crippen LogP contribution in [0.2, 0.25) is 0 Å². The van der Waals surface area contributed by atoms with Gasteiger partial charge in [-0.1, -0.05) is 26.0 Å². The summed E-state index contributed by atoms with van der Waals surface area (Å²) in [5, 5.41) is 6.08. The summed E-state index contributed by atoms with van der Waals surface area (Å²) in [6, 6.07) is 8.01. The van der Waals surface area contributed by atoms with E-state index in [4.69, 9.17) is 0 Å². The predicted octanol–water partition coefficient (Wildman–Crippen LogP) is 2.98. The molecule has 18 heavy (non-hydrogen) atoms. The van der Waals surface area contributed by atoms with E-state index in [1.807, 2.05) is 30.5 Å². The number of benzene rings is 1. The molecule has 0 spiro atoms. The van der Waals surface area contributed by atoms with Gasteiger partial charge in [0, 0.05) is 17.1 Å². The van der Waals surface area contributed by atoms with Gasteiger partial charge in [0.05, 0.1) is 6.54 Å². The third kappa shape index (κ3) is 5.45. The molecule has 0 aliphatic heterocycles. The normalized spacial score (nSPS) is 10.4. The molecule has 0 saturated heterocycles. The second kappa shape index (κ2) is 8.03.